The van der Waals surface area contributed by atoms with Gasteiger partial charge in [-0.05, 0) is 25.8 Å². The zero-order valence-corrected chi connectivity index (χ0v) is 12.1. The molecule has 0 aromatic carbocycles. The van der Waals surface area contributed by atoms with Gasteiger partial charge in [-0.15, -0.1) is 23.2 Å². The third-order valence-corrected chi connectivity index (χ3v) is 4.35. The predicted molar refractivity (Wildman–Crippen MR) is 75.3 cm³/mol. The molecule has 0 aliphatic heterocycles. The first-order valence-electron chi connectivity index (χ1n) is 6.13. The molecule has 1 heterocycles. The molecule has 7 heteroatoms. The van der Waals surface area contributed by atoms with Crippen molar-refractivity contribution >= 4 is 35.1 Å². The maximum atomic E-state index is 11.9. The molecule has 19 heavy (non-hydrogen) atoms. The predicted octanol–water partition coefficient (Wildman–Crippen LogP) is 1.98. The maximum absolute atomic E-state index is 11.9. The number of halogens is 2. The summed E-state index contributed by atoms with van der Waals surface area (Å²) in [5, 5.41) is 5.90. The number of carbonyl (C=O) groups is 1. The summed E-state index contributed by atoms with van der Waals surface area (Å²) in [6.45, 7) is 3.03. The van der Waals surface area contributed by atoms with Gasteiger partial charge in [-0.2, -0.15) is 0 Å². The van der Waals surface area contributed by atoms with Crippen LogP contribution in [0, 0.1) is 5.41 Å². The summed E-state index contributed by atoms with van der Waals surface area (Å²) < 4.78 is -0.910. The molecule has 1 aromatic heterocycles. The van der Waals surface area contributed by atoms with Crippen molar-refractivity contribution in [2.24, 2.45) is 5.41 Å². The van der Waals surface area contributed by atoms with Crippen LogP contribution in [0.5, 0.6) is 0 Å². The fourth-order valence-electron chi connectivity index (χ4n) is 1.72. The van der Waals surface area contributed by atoms with Gasteiger partial charge in [0.15, 0.2) is 0 Å². The second kappa shape index (κ2) is 5.51. The highest BCUT2D eigenvalue weighted by molar-refractivity contribution is 6.53. The molecule has 1 aliphatic rings. The molecule has 0 spiro atoms. The summed E-state index contributed by atoms with van der Waals surface area (Å²) >= 11 is 11.9. The summed E-state index contributed by atoms with van der Waals surface area (Å²) in [6, 6.07) is 1.76. The van der Waals surface area contributed by atoms with Gasteiger partial charge in [0, 0.05) is 25.5 Å². The number of anilines is 1. The van der Waals surface area contributed by atoms with Crippen LogP contribution in [0.1, 0.15) is 19.8 Å². The number of amides is 1. The summed E-state index contributed by atoms with van der Waals surface area (Å²) in [5.41, 5.74) is -0.647. The zero-order valence-electron chi connectivity index (χ0n) is 10.6. The Morgan fingerprint density at radius 2 is 2.00 bits per heavy atom. The number of hydrogen-bond donors (Lipinski definition) is 2. The van der Waals surface area contributed by atoms with Crippen LogP contribution in [-0.4, -0.2) is 33.3 Å². The second-order valence-electron chi connectivity index (χ2n) is 4.82. The molecule has 1 saturated carbocycles. The molecule has 1 amide bonds. The monoisotopic (exact) mass is 302 g/mol. The van der Waals surface area contributed by atoms with Gasteiger partial charge in [0.05, 0.1) is 5.41 Å². The van der Waals surface area contributed by atoms with Crippen molar-refractivity contribution < 1.29 is 4.79 Å². The molecule has 5 nitrogen and oxygen atoms in total. The highest BCUT2D eigenvalue weighted by Gasteiger charge is 2.67. The topological polar surface area (TPSA) is 66.9 Å². The Bertz CT molecular complexity index is 454. The van der Waals surface area contributed by atoms with Crippen LogP contribution in [0.4, 0.5) is 5.95 Å². The van der Waals surface area contributed by atoms with Crippen LogP contribution in [0.2, 0.25) is 0 Å². The Hall–Kier alpha value is -1.07. The lowest BCUT2D eigenvalue weighted by atomic mass is 10.1. The lowest BCUT2D eigenvalue weighted by molar-refractivity contribution is -0.125. The summed E-state index contributed by atoms with van der Waals surface area (Å²) in [6.07, 6.45) is 4.62. The first-order chi connectivity index (χ1) is 8.96. The average Bonchev–Trinajstić information content (AvgIpc) is 2.90. The molecule has 1 aromatic rings. The van der Waals surface area contributed by atoms with Gasteiger partial charge in [-0.1, -0.05) is 0 Å². The minimum Gasteiger partial charge on any atom is -0.355 e. The third kappa shape index (κ3) is 3.28. The quantitative estimate of drug-likeness (QED) is 0.623. The number of hydrogen-bond acceptors (Lipinski definition) is 4. The molecule has 0 saturated heterocycles. The Balaban J connectivity index is 1.62. The van der Waals surface area contributed by atoms with Gasteiger partial charge in [0.2, 0.25) is 11.9 Å². The lowest BCUT2D eigenvalue weighted by Crippen LogP contribution is -2.34. The maximum Gasteiger partial charge on any atom is 0.229 e. The van der Waals surface area contributed by atoms with E-state index in [1.165, 1.54) is 0 Å². The Morgan fingerprint density at radius 3 is 2.58 bits per heavy atom. The van der Waals surface area contributed by atoms with Gasteiger partial charge in [-0.25, -0.2) is 9.97 Å². The Labute approximate surface area is 122 Å². The van der Waals surface area contributed by atoms with Gasteiger partial charge in [0.1, 0.15) is 4.33 Å². The van der Waals surface area contributed by atoms with Gasteiger partial charge < -0.3 is 10.6 Å². The minimum atomic E-state index is -0.910. The van der Waals surface area contributed by atoms with Crippen LogP contribution in [-0.2, 0) is 4.79 Å². The molecule has 1 fully saturated rings. The van der Waals surface area contributed by atoms with Crippen LogP contribution in [0.3, 0.4) is 0 Å². The van der Waals surface area contributed by atoms with E-state index in [0.717, 1.165) is 6.42 Å². The van der Waals surface area contributed by atoms with Crippen molar-refractivity contribution in [3.05, 3.63) is 18.5 Å². The average molecular weight is 303 g/mol. The summed E-state index contributed by atoms with van der Waals surface area (Å²) in [7, 11) is 0. The van der Waals surface area contributed by atoms with Crippen molar-refractivity contribution in [3.8, 4) is 0 Å². The van der Waals surface area contributed by atoms with E-state index in [-0.39, 0.29) is 5.91 Å². The summed E-state index contributed by atoms with van der Waals surface area (Å²) in [4.78, 5) is 19.9. The largest absolute Gasteiger partial charge is 0.355 e. The molecule has 1 atom stereocenters. The van der Waals surface area contributed by atoms with E-state index >= 15 is 0 Å². The molecule has 2 N–H and O–H groups in total. The molecule has 2 rings (SSSR count). The van der Waals surface area contributed by atoms with Crippen molar-refractivity contribution in [1.82, 2.24) is 15.3 Å². The summed E-state index contributed by atoms with van der Waals surface area (Å²) in [5.74, 6) is 0.497. The molecule has 1 aliphatic carbocycles. The SMILES string of the molecule is CC1(C(=O)NCCCNc2ncccn2)CC1(Cl)Cl. The van der Waals surface area contributed by atoms with Crippen LogP contribution in [0.15, 0.2) is 18.5 Å². The van der Waals surface area contributed by atoms with Crippen LogP contribution >= 0.6 is 23.2 Å². The highest BCUT2D eigenvalue weighted by atomic mass is 35.5. The first kappa shape index (κ1) is 14.3. The number of carbonyl (C=O) groups excluding carboxylic acids is 1. The smallest absolute Gasteiger partial charge is 0.229 e. The van der Waals surface area contributed by atoms with Crippen molar-refractivity contribution in [1.29, 1.82) is 0 Å². The molecule has 1 unspecified atom stereocenters. The van der Waals surface area contributed by atoms with E-state index < -0.39 is 9.75 Å². The van der Waals surface area contributed by atoms with E-state index in [4.69, 9.17) is 23.2 Å². The molecule has 104 valence electrons. The van der Waals surface area contributed by atoms with Gasteiger partial charge >= 0.3 is 0 Å². The standard InChI is InChI=1S/C12H16Cl2N4O/c1-11(8-12(11,13)14)9(19)15-4-2-5-16-10-17-6-3-7-18-10/h3,6-7H,2,4-5,8H2,1H3,(H,15,19)(H,16,17,18). The number of rotatable bonds is 6. The number of nitrogens with one attached hydrogen (secondary N) is 2. The Morgan fingerprint density at radius 1 is 1.37 bits per heavy atom. The highest BCUT2D eigenvalue weighted by Crippen LogP contribution is 2.63. The van der Waals surface area contributed by atoms with Crippen molar-refractivity contribution in [3.63, 3.8) is 0 Å². The van der Waals surface area contributed by atoms with Crippen molar-refractivity contribution in [2.75, 3.05) is 18.4 Å². The van der Waals surface area contributed by atoms with E-state index in [2.05, 4.69) is 20.6 Å². The van der Waals surface area contributed by atoms with E-state index in [9.17, 15) is 4.79 Å². The van der Waals surface area contributed by atoms with Crippen molar-refractivity contribution in [2.45, 2.75) is 24.1 Å². The first-order valence-corrected chi connectivity index (χ1v) is 6.88. The molecule has 0 bridgehead atoms. The number of alkyl halides is 2. The molecular weight excluding hydrogens is 287 g/mol. The number of nitrogens with zero attached hydrogens (tertiary/aromatic N) is 2. The number of aromatic nitrogens is 2. The molecule has 0 radical (unpaired) electrons. The third-order valence-electron chi connectivity index (χ3n) is 3.25. The van der Waals surface area contributed by atoms with E-state index in [1.54, 1.807) is 25.4 Å². The second-order valence-corrected chi connectivity index (χ2v) is 6.31. The zero-order chi connectivity index (χ0) is 13.9. The Kier molecular flexibility index (Phi) is 4.16. The fraction of sp³-hybridized carbons (Fsp3) is 0.583. The normalized spacial score (nSPS) is 23.7. The van der Waals surface area contributed by atoms with Crippen LogP contribution in [0.25, 0.3) is 0 Å². The fourth-order valence-corrected chi connectivity index (χ4v) is 2.43. The van der Waals surface area contributed by atoms with Gasteiger partial charge in [0.25, 0.3) is 0 Å². The van der Waals surface area contributed by atoms with E-state index in [1.807, 2.05) is 0 Å². The van der Waals surface area contributed by atoms with Gasteiger partial charge in [-0.3, -0.25) is 4.79 Å². The molecular formula is C12H16Cl2N4O. The van der Waals surface area contributed by atoms with Crippen LogP contribution < -0.4 is 10.6 Å². The van der Waals surface area contributed by atoms with E-state index in [0.29, 0.717) is 25.5 Å². The lowest BCUT2D eigenvalue weighted by Gasteiger charge is -2.12. The minimum absolute atomic E-state index is 0.0894.